The Morgan fingerprint density at radius 2 is 2.20 bits per heavy atom. The second-order valence-electron chi connectivity index (χ2n) is 3.04. The smallest absolute Gasteiger partial charge is 0.265 e. The maximum atomic E-state index is 11.9. The Hall–Kier alpha value is -1.50. The van der Waals surface area contributed by atoms with Gasteiger partial charge in [0.15, 0.2) is 0 Å². The van der Waals surface area contributed by atoms with Crippen LogP contribution in [0.25, 0.3) is 0 Å². The average molecular weight is 218 g/mol. The topological polar surface area (TPSA) is 84.1 Å². The highest BCUT2D eigenvalue weighted by Crippen LogP contribution is 2.08. The van der Waals surface area contributed by atoms with E-state index in [4.69, 9.17) is 10.8 Å². The molecule has 0 saturated carbocycles. The van der Waals surface area contributed by atoms with Gasteiger partial charge in [0.2, 0.25) is 5.95 Å². The summed E-state index contributed by atoms with van der Waals surface area (Å²) in [4.78, 5) is 7.58. The van der Waals surface area contributed by atoms with E-state index in [9.17, 15) is 8.78 Å². The lowest BCUT2D eigenvalue weighted by atomic mass is 10.3. The van der Waals surface area contributed by atoms with Gasteiger partial charge in [-0.05, 0) is 6.92 Å². The standard InChI is InChI=1S/C8H12F2N4O/c1-4-2-6(14-8(11)13-4)12-3-5(15)7(9)10/h2,5,7,15H,3H2,1H3,(H3,11,12,13,14). The van der Waals surface area contributed by atoms with Gasteiger partial charge in [0, 0.05) is 18.3 Å². The number of aliphatic hydroxyl groups is 1. The molecule has 7 heteroatoms. The first kappa shape index (κ1) is 11.6. The van der Waals surface area contributed by atoms with Gasteiger partial charge in [-0.25, -0.2) is 13.8 Å². The fourth-order valence-corrected chi connectivity index (χ4v) is 0.980. The van der Waals surface area contributed by atoms with Gasteiger partial charge >= 0.3 is 0 Å². The molecule has 0 aliphatic carbocycles. The molecule has 15 heavy (non-hydrogen) atoms. The van der Waals surface area contributed by atoms with Gasteiger partial charge in [-0.1, -0.05) is 0 Å². The monoisotopic (exact) mass is 218 g/mol. The summed E-state index contributed by atoms with van der Waals surface area (Å²) in [6, 6.07) is 1.55. The van der Waals surface area contributed by atoms with Crippen molar-refractivity contribution in [2.45, 2.75) is 19.5 Å². The Morgan fingerprint density at radius 3 is 2.73 bits per heavy atom. The molecule has 0 fully saturated rings. The SMILES string of the molecule is Cc1cc(NCC(O)C(F)F)nc(N)n1. The van der Waals surface area contributed by atoms with Crippen molar-refractivity contribution in [1.82, 2.24) is 9.97 Å². The second-order valence-corrected chi connectivity index (χ2v) is 3.04. The highest BCUT2D eigenvalue weighted by Gasteiger charge is 2.16. The molecular weight excluding hydrogens is 206 g/mol. The predicted molar refractivity (Wildman–Crippen MR) is 51.7 cm³/mol. The van der Waals surface area contributed by atoms with Crippen LogP contribution in [0.5, 0.6) is 0 Å². The van der Waals surface area contributed by atoms with Crippen molar-refractivity contribution in [2.75, 3.05) is 17.6 Å². The summed E-state index contributed by atoms with van der Waals surface area (Å²) in [5, 5.41) is 11.4. The number of nitrogen functional groups attached to an aromatic ring is 1. The molecule has 84 valence electrons. The lowest BCUT2D eigenvalue weighted by molar-refractivity contribution is 0.00381. The third-order valence-corrected chi connectivity index (χ3v) is 1.65. The average Bonchev–Trinajstić information content (AvgIpc) is 2.12. The third kappa shape index (κ3) is 3.62. The van der Waals surface area contributed by atoms with E-state index < -0.39 is 12.5 Å². The molecule has 1 rings (SSSR count). The lowest BCUT2D eigenvalue weighted by Crippen LogP contribution is -2.27. The Kier molecular flexibility index (Phi) is 3.73. The maximum Gasteiger partial charge on any atom is 0.265 e. The van der Waals surface area contributed by atoms with Gasteiger partial charge in [0.05, 0.1) is 0 Å². The van der Waals surface area contributed by atoms with Gasteiger partial charge in [-0.2, -0.15) is 4.98 Å². The summed E-state index contributed by atoms with van der Waals surface area (Å²) in [5.41, 5.74) is 5.97. The van der Waals surface area contributed by atoms with Gasteiger partial charge < -0.3 is 16.2 Å². The Labute approximate surface area is 85.3 Å². The number of nitrogens with two attached hydrogens (primary N) is 1. The Morgan fingerprint density at radius 1 is 1.53 bits per heavy atom. The minimum absolute atomic E-state index is 0.0593. The molecule has 0 bridgehead atoms. The van der Waals surface area contributed by atoms with Crippen molar-refractivity contribution >= 4 is 11.8 Å². The van der Waals surface area contributed by atoms with Crippen molar-refractivity contribution in [3.63, 3.8) is 0 Å². The number of anilines is 2. The first-order chi connectivity index (χ1) is 6.99. The summed E-state index contributed by atoms with van der Waals surface area (Å²) in [6.07, 6.45) is -4.50. The lowest BCUT2D eigenvalue weighted by Gasteiger charge is -2.11. The van der Waals surface area contributed by atoms with Gasteiger partial charge in [-0.3, -0.25) is 0 Å². The molecule has 0 spiro atoms. The van der Waals surface area contributed by atoms with Crippen LogP contribution in [0.4, 0.5) is 20.5 Å². The van der Waals surface area contributed by atoms with Gasteiger partial charge in [-0.15, -0.1) is 0 Å². The molecule has 0 aliphatic heterocycles. The number of hydrogen-bond donors (Lipinski definition) is 3. The maximum absolute atomic E-state index is 11.9. The van der Waals surface area contributed by atoms with Crippen molar-refractivity contribution < 1.29 is 13.9 Å². The van der Waals surface area contributed by atoms with E-state index in [0.717, 1.165) is 0 Å². The first-order valence-corrected chi connectivity index (χ1v) is 4.30. The molecule has 5 nitrogen and oxygen atoms in total. The zero-order chi connectivity index (χ0) is 11.4. The zero-order valence-corrected chi connectivity index (χ0v) is 8.11. The van der Waals surface area contributed by atoms with Crippen LogP contribution in [-0.2, 0) is 0 Å². The zero-order valence-electron chi connectivity index (χ0n) is 8.11. The Balaban J connectivity index is 2.57. The number of nitrogens with zero attached hydrogens (tertiary/aromatic N) is 2. The van der Waals surface area contributed by atoms with E-state index in [2.05, 4.69) is 15.3 Å². The first-order valence-electron chi connectivity index (χ1n) is 4.30. The molecule has 0 radical (unpaired) electrons. The molecule has 4 N–H and O–H groups in total. The minimum Gasteiger partial charge on any atom is -0.385 e. The quantitative estimate of drug-likeness (QED) is 0.681. The summed E-state index contributed by atoms with van der Waals surface area (Å²) in [6.45, 7) is 1.42. The van der Waals surface area contributed by atoms with E-state index >= 15 is 0 Å². The minimum atomic E-state index is -2.78. The number of alkyl halides is 2. The Bertz CT molecular complexity index is 314. The van der Waals surface area contributed by atoms with Crippen LogP contribution in [-0.4, -0.2) is 34.1 Å². The molecule has 1 unspecified atom stereocenters. The highest BCUT2D eigenvalue weighted by atomic mass is 19.3. The van der Waals surface area contributed by atoms with Gasteiger partial charge in [0.25, 0.3) is 6.43 Å². The van der Waals surface area contributed by atoms with Crippen molar-refractivity contribution in [3.05, 3.63) is 11.8 Å². The van der Waals surface area contributed by atoms with Crippen LogP contribution in [0.1, 0.15) is 5.69 Å². The number of rotatable bonds is 4. The third-order valence-electron chi connectivity index (χ3n) is 1.65. The van der Waals surface area contributed by atoms with Crippen molar-refractivity contribution in [2.24, 2.45) is 0 Å². The highest BCUT2D eigenvalue weighted by molar-refractivity contribution is 5.40. The van der Waals surface area contributed by atoms with Crippen LogP contribution in [0.3, 0.4) is 0 Å². The van der Waals surface area contributed by atoms with Crippen LogP contribution in [0, 0.1) is 6.92 Å². The molecule has 0 amide bonds. The van der Waals surface area contributed by atoms with E-state index in [0.29, 0.717) is 11.5 Å². The normalized spacial score (nSPS) is 12.9. The molecule has 1 atom stereocenters. The van der Waals surface area contributed by atoms with Crippen LogP contribution < -0.4 is 11.1 Å². The van der Waals surface area contributed by atoms with Crippen LogP contribution >= 0.6 is 0 Å². The summed E-state index contributed by atoms with van der Waals surface area (Å²) < 4.78 is 23.9. The van der Waals surface area contributed by atoms with Gasteiger partial charge in [0.1, 0.15) is 11.9 Å². The number of aromatic nitrogens is 2. The number of halogens is 2. The van der Waals surface area contributed by atoms with E-state index in [1.807, 2.05) is 0 Å². The fraction of sp³-hybridized carbons (Fsp3) is 0.500. The summed E-state index contributed by atoms with van der Waals surface area (Å²) in [7, 11) is 0. The van der Waals surface area contributed by atoms with Crippen LogP contribution in [0.2, 0.25) is 0 Å². The molecule has 1 aromatic rings. The van der Waals surface area contributed by atoms with Crippen molar-refractivity contribution in [1.29, 1.82) is 0 Å². The van der Waals surface area contributed by atoms with Crippen molar-refractivity contribution in [3.8, 4) is 0 Å². The fourth-order valence-electron chi connectivity index (χ4n) is 0.980. The molecule has 1 aromatic heterocycles. The van der Waals surface area contributed by atoms with E-state index in [1.165, 1.54) is 0 Å². The second kappa shape index (κ2) is 4.83. The van der Waals surface area contributed by atoms with Crippen LogP contribution in [0.15, 0.2) is 6.07 Å². The molecular formula is C8H12F2N4O. The largest absolute Gasteiger partial charge is 0.385 e. The van der Waals surface area contributed by atoms with E-state index in [1.54, 1.807) is 13.0 Å². The molecule has 0 aromatic carbocycles. The molecule has 1 heterocycles. The van der Waals surface area contributed by atoms with E-state index in [-0.39, 0.29) is 12.5 Å². The number of aliphatic hydroxyl groups excluding tert-OH is 1. The predicted octanol–water partition coefficient (Wildman–Crippen LogP) is 0.405. The summed E-state index contributed by atoms with van der Waals surface area (Å²) in [5.74, 6) is 0.378. The number of aryl methyl sites for hydroxylation is 1. The molecule has 0 saturated heterocycles. The molecule has 0 aliphatic rings. The summed E-state index contributed by atoms with van der Waals surface area (Å²) >= 11 is 0. The number of hydrogen-bond acceptors (Lipinski definition) is 5. The number of nitrogens with one attached hydrogen (secondary N) is 1.